The van der Waals surface area contributed by atoms with Gasteiger partial charge >= 0.3 is 0 Å². The molecule has 1 aliphatic rings. The Morgan fingerprint density at radius 1 is 1.30 bits per heavy atom. The first-order chi connectivity index (χ1) is 9.42. The molecule has 1 atom stereocenters. The van der Waals surface area contributed by atoms with E-state index in [0.717, 1.165) is 24.7 Å². The van der Waals surface area contributed by atoms with E-state index in [1.807, 2.05) is 30.3 Å². The zero-order valence-electron chi connectivity index (χ0n) is 11.6. The van der Waals surface area contributed by atoms with Crippen molar-refractivity contribution in [1.29, 1.82) is 0 Å². The van der Waals surface area contributed by atoms with Crippen LogP contribution in [0.5, 0.6) is 0 Å². The Balaban J connectivity index is 2.27. The number of rotatable bonds is 5. The molecule has 0 amide bonds. The molecule has 5 nitrogen and oxygen atoms in total. The van der Waals surface area contributed by atoms with Gasteiger partial charge in [-0.05, 0) is 24.3 Å². The molecule has 1 aromatic rings. The van der Waals surface area contributed by atoms with Gasteiger partial charge in [-0.3, -0.25) is 0 Å². The van der Waals surface area contributed by atoms with E-state index in [0.29, 0.717) is 13.2 Å². The molecule has 1 saturated heterocycles. The van der Waals surface area contributed by atoms with E-state index < -0.39 is 15.6 Å². The summed E-state index contributed by atoms with van der Waals surface area (Å²) in [6, 6.07) is 9.23. The van der Waals surface area contributed by atoms with Crippen molar-refractivity contribution in [3.8, 4) is 0 Å². The lowest BCUT2D eigenvalue weighted by Crippen LogP contribution is -2.47. The van der Waals surface area contributed by atoms with E-state index in [-0.39, 0.29) is 12.5 Å². The highest BCUT2D eigenvalue weighted by Crippen LogP contribution is 2.35. The maximum atomic E-state index is 11.3. The molecule has 0 aromatic heterocycles. The molecule has 0 radical (unpaired) electrons. The van der Waals surface area contributed by atoms with Gasteiger partial charge in [0.15, 0.2) is 0 Å². The lowest BCUT2D eigenvalue weighted by molar-refractivity contribution is -0.0663. The van der Waals surface area contributed by atoms with Crippen molar-refractivity contribution in [2.24, 2.45) is 5.92 Å². The van der Waals surface area contributed by atoms with Gasteiger partial charge in [0.2, 0.25) is 10.0 Å². The van der Waals surface area contributed by atoms with Crippen molar-refractivity contribution < 1.29 is 18.3 Å². The third-order valence-electron chi connectivity index (χ3n) is 3.77. The minimum atomic E-state index is -3.35. The van der Waals surface area contributed by atoms with Crippen LogP contribution < -0.4 is 4.72 Å². The first-order valence-electron chi connectivity index (χ1n) is 6.72. The summed E-state index contributed by atoms with van der Waals surface area (Å²) in [6.45, 7) is 1.18. The first kappa shape index (κ1) is 15.4. The molecule has 1 aromatic carbocycles. The lowest BCUT2D eigenvalue weighted by atomic mass is 9.77. The Kier molecular flexibility index (Phi) is 4.80. The normalized spacial score (nSPS) is 20.5. The first-order valence-corrected chi connectivity index (χ1v) is 8.61. The van der Waals surface area contributed by atoms with Crippen molar-refractivity contribution in [2.45, 2.75) is 18.4 Å². The van der Waals surface area contributed by atoms with Crippen LogP contribution in [-0.2, 0) is 20.4 Å². The number of hydrogen-bond donors (Lipinski definition) is 2. The highest BCUT2D eigenvalue weighted by atomic mass is 32.2. The Labute approximate surface area is 120 Å². The van der Waals surface area contributed by atoms with Crippen molar-refractivity contribution in [1.82, 2.24) is 4.72 Å². The van der Waals surface area contributed by atoms with Gasteiger partial charge in [-0.25, -0.2) is 13.1 Å². The van der Waals surface area contributed by atoms with Crippen LogP contribution in [0.3, 0.4) is 0 Å². The fraction of sp³-hybridized carbons (Fsp3) is 0.571. The molecule has 0 aliphatic carbocycles. The molecule has 2 rings (SSSR count). The maximum absolute atomic E-state index is 11.3. The summed E-state index contributed by atoms with van der Waals surface area (Å²) in [4.78, 5) is 0. The second-order valence-electron chi connectivity index (χ2n) is 5.27. The largest absolute Gasteiger partial charge is 0.383 e. The zero-order valence-corrected chi connectivity index (χ0v) is 12.4. The smallest absolute Gasteiger partial charge is 0.208 e. The van der Waals surface area contributed by atoms with Crippen molar-refractivity contribution >= 4 is 10.0 Å². The number of benzene rings is 1. The van der Waals surface area contributed by atoms with Crippen molar-refractivity contribution in [3.05, 3.63) is 35.9 Å². The molecule has 1 fully saturated rings. The minimum absolute atomic E-state index is 0.0134. The van der Waals surface area contributed by atoms with Crippen LogP contribution in [0.4, 0.5) is 0 Å². The third kappa shape index (κ3) is 3.79. The Bertz CT molecular complexity index is 525. The van der Waals surface area contributed by atoms with Gasteiger partial charge in [-0.1, -0.05) is 30.3 Å². The monoisotopic (exact) mass is 299 g/mol. The van der Waals surface area contributed by atoms with Crippen molar-refractivity contribution in [2.75, 3.05) is 26.0 Å². The molecule has 0 spiro atoms. The number of hydrogen-bond acceptors (Lipinski definition) is 4. The fourth-order valence-electron chi connectivity index (χ4n) is 2.63. The molecule has 0 unspecified atom stereocenters. The highest BCUT2D eigenvalue weighted by molar-refractivity contribution is 7.88. The molecule has 112 valence electrons. The topological polar surface area (TPSA) is 75.6 Å². The predicted octanol–water partition coefficient (Wildman–Crippen LogP) is 0.850. The molecule has 1 heterocycles. The Morgan fingerprint density at radius 3 is 2.45 bits per heavy atom. The van der Waals surface area contributed by atoms with Crippen LogP contribution in [0, 0.1) is 5.92 Å². The van der Waals surface area contributed by atoms with Gasteiger partial charge in [0, 0.05) is 19.8 Å². The summed E-state index contributed by atoms with van der Waals surface area (Å²) in [5, 5.41) is 11.1. The van der Waals surface area contributed by atoms with Crippen LogP contribution in [0.1, 0.15) is 18.4 Å². The number of sulfonamides is 1. The van der Waals surface area contributed by atoms with Crippen LogP contribution in [-0.4, -0.2) is 39.5 Å². The van der Waals surface area contributed by atoms with Gasteiger partial charge in [0.05, 0.1) is 6.26 Å². The molecular formula is C14H21NO4S. The summed E-state index contributed by atoms with van der Waals surface area (Å²) in [6.07, 6.45) is 2.54. The van der Waals surface area contributed by atoms with E-state index in [2.05, 4.69) is 4.72 Å². The minimum Gasteiger partial charge on any atom is -0.383 e. The molecule has 1 aliphatic heterocycles. The van der Waals surface area contributed by atoms with E-state index in [9.17, 15) is 13.5 Å². The average Bonchev–Trinajstić information content (AvgIpc) is 2.46. The molecule has 6 heteroatoms. The van der Waals surface area contributed by atoms with Crippen LogP contribution in [0.15, 0.2) is 30.3 Å². The number of ether oxygens (including phenoxy) is 1. The van der Waals surface area contributed by atoms with E-state index in [1.54, 1.807) is 0 Å². The summed E-state index contributed by atoms with van der Waals surface area (Å²) >= 11 is 0. The van der Waals surface area contributed by atoms with Crippen LogP contribution >= 0.6 is 0 Å². The second kappa shape index (κ2) is 6.22. The third-order valence-corrected chi connectivity index (χ3v) is 4.44. The summed E-state index contributed by atoms with van der Waals surface area (Å²) in [7, 11) is -3.35. The molecular weight excluding hydrogens is 278 g/mol. The molecule has 2 N–H and O–H groups in total. The summed E-state index contributed by atoms with van der Waals surface area (Å²) < 4.78 is 30.5. The summed E-state index contributed by atoms with van der Waals surface area (Å²) in [5.41, 5.74) is -0.461. The van der Waals surface area contributed by atoms with Crippen molar-refractivity contribution in [3.63, 3.8) is 0 Å². The van der Waals surface area contributed by atoms with Gasteiger partial charge in [-0.15, -0.1) is 0 Å². The second-order valence-corrected chi connectivity index (χ2v) is 7.10. The fourth-order valence-corrected chi connectivity index (χ4v) is 3.11. The van der Waals surface area contributed by atoms with Crippen LogP contribution in [0.2, 0.25) is 0 Å². The van der Waals surface area contributed by atoms with E-state index in [1.165, 1.54) is 0 Å². The quantitative estimate of drug-likeness (QED) is 0.845. The number of aliphatic hydroxyl groups is 1. The van der Waals surface area contributed by atoms with Crippen LogP contribution in [0.25, 0.3) is 0 Å². The molecule has 20 heavy (non-hydrogen) atoms. The maximum Gasteiger partial charge on any atom is 0.208 e. The zero-order chi connectivity index (χ0) is 14.6. The van der Waals surface area contributed by atoms with E-state index in [4.69, 9.17) is 4.74 Å². The van der Waals surface area contributed by atoms with Gasteiger partial charge in [0.25, 0.3) is 0 Å². The van der Waals surface area contributed by atoms with E-state index >= 15 is 0 Å². The average molecular weight is 299 g/mol. The highest BCUT2D eigenvalue weighted by Gasteiger charge is 2.39. The predicted molar refractivity (Wildman–Crippen MR) is 76.7 cm³/mol. The SMILES string of the molecule is CS(=O)(=O)NC[C@@](O)(c1ccccc1)C1CCOCC1. The molecule has 0 saturated carbocycles. The van der Waals surface area contributed by atoms with Gasteiger partial charge in [-0.2, -0.15) is 0 Å². The summed E-state index contributed by atoms with van der Waals surface area (Å²) in [5.74, 6) is -0.0205. The van der Waals surface area contributed by atoms with Gasteiger partial charge < -0.3 is 9.84 Å². The van der Waals surface area contributed by atoms with Gasteiger partial charge in [0.1, 0.15) is 5.60 Å². The standard InChI is InChI=1S/C14H21NO4S/c1-20(17,18)15-11-14(16,12-5-3-2-4-6-12)13-7-9-19-10-8-13/h2-6,13,15-16H,7-11H2,1H3/t14-/m1/s1. The Hall–Kier alpha value is -0.950. The number of nitrogens with one attached hydrogen (secondary N) is 1. The Morgan fingerprint density at radius 2 is 1.90 bits per heavy atom. The molecule has 0 bridgehead atoms. The lowest BCUT2D eigenvalue weighted by Gasteiger charge is -2.38.